The average Bonchev–Trinajstić information content (AvgIpc) is 2.58. The first-order valence-electron chi connectivity index (χ1n) is 8.78. The van der Waals surface area contributed by atoms with Crippen LogP contribution >= 0.6 is 0 Å². The van der Waals surface area contributed by atoms with Crippen LogP contribution in [0.4, 0.5) is 14.9 Å². The fourth-order valence-corrected chi connectivity index (χ4v) is 3.88. The van der Waals surface area contributed by atoms with E-state index in [0.717, 1.165) is 36.5 Å². The number of hydrogen-bond donors (Lipinski definition) is 1. The topological polar surface area (TPSA) is 58.1 Å². The summed E-state index contributed by atoms with van der Waals surface area (Å²) in [4.78, 5) is 22.6. The minimum absolute atomic E-state index is 0.0435. The Morgan fingerprint density at radius 3 is 2.76 bits per heavy atom. The lowest BCUT2D eigenvalue weighted by Gasteiger charge is -2.50. The number of likely N-dealkylation sites (tertiary alicyclic amines) is 1. The molecule has 2 heterocycles. The van der Waals surface area contributed by atoms with Gasteiger partial charge >= 0.3 is 6.03 Å². The lowest BCUT2D eigenvalue weighted by Crippen LogP contribution is -2.60. The predicted octanol–water partition coefficient (Wildman–Crippen LogP) is 4.00. The molecule has 25 heavy (non-hydrogen) atoms. The predicted molar refractivity (Wildman–Crippen MR) is 93.6 cm³/mol. The number of aryl methyl sites for hydroxylation is 1. The Bertz CT molecular complexity index is 793. The van der Waals surface area contributed by atoms with Crippen molar-refractivity contribution in [1.29, 1.82) is 0 Å². The molecule has 2 aliphatic rings. The molecule has 1 aromatic carbocycles. The van der Waals surface area contributed by atoms with Gasteiger partial charge in [-0.05, 0) is 43.4 Å². The second-order valence-corrected chi connectivity index (χ2v) is 6.95. The summed E-state index contributed by atoms with van der Waals surface area (Å²) in [5.74, 6) is 0.665. The van der Waals surface area contributed by atoms with E-state index in [1.165, 1.54) is 19.3 Å². The fraction of sp³-hybridized carbons (Fsp3) is 0.421. The smallest absolute Gasteiger partial charge is 0.321 e. The maximum absolute atomic E-state index is 13.0. The van der Waals surface area contributed by atoms with E-state index in [1.807, 2.05) is 30.0 Å². The molecule has 0 bridgehead atoms. The quantitative estimate of drug-likeness (QED) is 0.899. The first-order valence-corrected chi connectivity index (χ1v) is 8.78. The van der Waals surface area contributed by atoms with E-state index in [-0.39, 0.29) is 6.03 Å². The molecule has 4 rings (SSSR count). The summed E-state index contributed by atoms with van der Waals surface area (Å²) in [6, 6.07) is 5.99. The molecular formula is C19H21FN4O. The number of nitrogens with one attached hydrogen (secondary N) is 1. The summed E-state index contributed by atoms with van der Waals surface area (Å²) < 4.78 is 13.0. The maximum Gasteiger partial charge on any atom is 0.322 e. The molecule has 1 saturated carbocycles. The zero-order chi connectivity index (χ0) is 17.4. The van der Waals surface area contributed by atoms with Gasteiger partial charge in [0, 0.05) is 23.8 Å². The summed E-state index contributed by atoms with van der Waals surface area (Å²) in [6.07, 6.45) is 7.15. The van der Waals surface area contributed by atoms with Gasteiger partial charge in [-0.15, -0.1) is 0 Å². The number of anilines is 1. The number of carbonyl (C=O) groups excluding carboxylic acids is 1. The molecule has 5 nitrogen and oxygen atoms in total. The van der Waals surface area contributed by atoms with Crippen LogP contribution in [0, 0.1) is 18.7 Å². The van der Waals surface area contributed by atoms with Crippen LogP contribution in [-0.4, -0.2) is 33.5 Å². The standard InChI is InChI=1S/C19H21FN4O/c1-12-6-7-15(8-16(12)18-21-9-14(20)10-22-18)23-19(25)24-11-13-4-2-3-5-17(13)24/h6-10,13,17H,2-5,11H2,1H3,(H,23,25). The highest BCUT2D eigenvalue weighted by atomic mass is 19.1. The van der Waals surface area contributed by atoms with Gasteiger partial charge in [0.05, 0.1) is 12.4 Å². The van der Waals surface area contributed by atoms with Crippen LogP contribution < -0.4 is 5.32 Å². The van der Waals surface area contributed by atoms with Gasteiger partial charge in [0.2, 0.25) is 0 Å². The van der Waals surface area contributed by atoms with E-state index in [9.17, 15) is 9.18 Å². The zero-order valence-corrected chi connectivity index (χ0v) is 14.2. The summed E-state index contributed by atoms with van der Waals surface area (Å²) in [7, 11) is 0. The third-order valence-electron chi connectivity index (χ3n) is 5.31. The molecule has 2 aromatic rings. The van der Waals surface area contributed by atoms with E-state index in [2.05, 4.69) is 15.3 Å². The molecule has 0 spiro atoms. The number of nitrogens with zero attached hydrogens (tertiary/aromatic N) is 3. The Hall–Kier alpha value is -2.50. The maximum atomic E-state index is 13.0. The Kier molecular flexibility index (Phi) is 4.11. The first-order chi connectivity index (χ1) is 12.1. The van der Waals surface area contributed by atoms with Crippen molar-refractivity contribution in [2.24, 2.45) is 5.92 Å². The minimum Gasteiger partial charge on any atom is -0.321 e. The highest BCUT2D eigenvalue weighted by molar-refractivity contribution is 5.91. The Morgan fingerprint density at radius 1 is 1.24 bits per heavy atom. The normalized spacial score (nSPS) is 22.1. The van der Waals surface area contributed by atoms with Crippen molar-refractivity contribution in [3.63, 3.8) is 0 Å². The molecule has 6 heteroatoms. The van der Waals surface area contributed by atoms with E-state index >= 15 is 0 Å². The highest BCUT2D eigenvalue weighted by Crippen LogP contribution is 2.37. The van der Waals surface area contributed by atoms with Crippen molar-refractivity contribution in [3.8, 4) is 11.4 Å². The van der Waals surface area contributed by atoms with Crippen LogP contribution in [0.15, 0.2) is 30.6 Å². The van der Waals surface area contributed by atoms with Gasteiger partial charge in [-0.3, -0.25) is 0 Å². The molecule has 2 fully saturated rings. The second kappa shape index (κ2) is 6.43. The molecule has 1 aromatic heterocycles. The van der Waals surface area contributed by atoms with Gasteiger partial charge < -0.3 is 10.2 Å². The molecule has 130 valence electrons. The molecule has 2 amide bonds. The average molecular weight is 340 g/mol. The Labute approximate surface area is 146 Å². The van der Waals surface area contributed by atoms with Crippen molar-refractivity contribution in [2.75, 3.05) is 11.9 Å². The number of fused-ring (bicyclic) bond motifs is 1. The van der Waals surface area contributed by atoms with Crippen molar-refractivity contribution >= 4 is 11.7 Å². The van der Waals surface area contributed by atoms with E-state index < -0.39 is 5.82 Å². The summed E-state index contributed by atoms with van der Waals surface area (Å²) >= 11 is 0. The van der Waals surface area contributed by atoms with Crippen LogP contribution in [0.3, 0.4) is 0 Å². The number of rotatable bonds is 2. The number of benzene rings is 1. The molecule has 2 atom stereocenters. The molecule has 0 radical (unpaired) electrons. The molecule has 1 aliphatic heterocycles. The largest absolute Gasteiger partial charge is 0.322 e. The van der Waals surface area contributed by atoms with Gasteiger partial charge in [-0.25, -0.2) is 19.2 Å². The van der Waals surface area contributed by atoms with Crippen LogP contribution in [0.25, 0.3) is 11.4 Å². The first kappa shape index (κ1) is 16.0. The summed E-state index contributed by atoms with van der Waals surface area (Å²) in [5, 5.41) is 2.98. The Balaban J connectivity index is 1.50. The molecule has 2 unspecified atom stereocenters. The van der Waals surface area contributed by atoms with Crippen molar-refractivity contribution in [3.05, 3.63) is 42.0 Å². The van der Waals surface area contributed by atoms with E-state index in [4.69, 9.17) is 0 Å². The van der Waals surface area contributed by atoms with Crippen LogP contribution in [0.2, 0.25) is 0 Å². The summed E-state index contributed by atoms with van der Waals surface area (Å²) in [5.41, 5.74) is 2.47. The number of halogens is 1. The third-order valence-corrected chi connectivity index (χ3v) is 5.31. The number of urea groups is 1. The monoisotopic (exact) mass is 340 g/mol. The SMILES string of the molecule is Cc1ccc(NC(=O)N2CC3CCCCC32)cc1-c1ncc(F)cn1. The number of carbonyl (C=O) groups is 1. The van der Waals surface area contributed by atoms with E-state index in [1.54, 1.807) is 0 Å². The van der Waals surface area contributed by atoms with Crippen molar-refractivity contribution in [2.45, 2.75) is 38.6 Å². The number of aromatic nitrogens is 2. The van der Waals surface area contributed by atoms with Gasteiger partial charge in [-0.1, -0.05) is 18.9 Å². The van der Waals surface area contributed by atoms with E-state index in [0.29, 0.717) is 23.5 Å². The van der Waals surface area contributed by atoms with Gasteiger partial charge in [0.1, 0.15) is 0 Å². The van der Waals surface area contributed by atoms with Crippen LogP contribution in [0.1, 0.15) is 31.2 Å². The molecular weight excluding hydrogens is 319 g/mol. The van der Waals surface area contributed by atoms with Crippen LogP contribution in [0.5, 0.6) is 0 Å². The molecule has 1 N–H and O–H groups in total. The summed E-state index contributed by atoms with van der Waals surface area (Å²) in [6.45, 7) is 2.80. The zero-order valence-electron chi connectivity index (χ0n) is 14.2. The van der Waals surface area contributed by atoms with Crippen LogP contribution in [-0.2, 0) is 0 Å². The number of hydrogen-bond acceptors (Lipinski definition) is 3. The van der Waals surface area contributed by atoms with Crippen molar-refractivity contribution in [1.82, 2.24) is 14.9 Å². The molecule has 1 saturated heterocycles. The molecule has 1 aliphatic carbocycles. The minimum atomic E-state index is -0.467. The second-order valence-electron chi connectivity index (χ2n) is 6.95. The van der Waals surface area contributed by atoms with Crippen molar-refractivity contribution < 1.29 is 9.18 Å². The van der Waals surface area contributed by atoms with Gasteiger partial charge in [-0.2, -0.15) is 0 Å². The highest BCUT2D eigenvalue weighted by Gasteiger charge is 2.42. The number of amides is 2. The third kappa shape index (κ3) is 3.08. The van der Waals surface area contributed by atoms with Gasteiger partial charge in [0.15, 0.2) is 11.6 Å². The fourth-order valence-electron chi connectivity index (χ4n) is 3.88. The Morgan fingerprint density at radius 2 is 2.00 bits per heavy atom. The lowest BCUT2D eigenvalue weighted by molar-refractivity contribution is 0.0256. The van der Waals surface area contributed by atoms with Gasteiger partial charge in [0.25, 0.3) is 0 Å². The lowest BCUT2D eigenvalue weighted by atomic mass is 9.77.